The van der Waals surface area contributed by atoms with E-state index in [1.165, 1.54) is 36.4 Å². The largest absolute Gasteiger partial charge is 3.00 e. The average molecular weight is 786 g/mol. The molecule has 12 nitrogen and oxygen atoms in total. The van der Waals surface area contributed by atoms with E-state index in [1.54, 1.807) is 54.6 Å². The smallest absolute Gasteiger partial charge is 0.869 e. The fourth-order valence-corrected chi connectivity index (χ4v) is 6.44. The molecule has 6 aromatic rings. The van der Waals surface area contributed by atoms with Gasteiger partial charge in [0, 0.05) is 66.8 Å². The first kappa shape index (κ1) is 37.5. The molecule has 0 atom stereocenters. The van der Waals surface area contributed by atoms with Gasteiger partial charge < -0.3 is 30.6 Å². The summed E-state index contributed by atoms with van der Waals surface area (Å²) in [6.45, 7) is 0. The third-order valence-corrected chi connectivity index (χ3v) is 9.07. The van der Waals surface area contributed by atoms with E-state index >= 15 is 0 Å². The van der Waals surface area contributed by atoms with Gasteiger partial charge in [0.25, 0.3) is 0 Å². The topological polar surface area (TPSA) is 232 Å². The van der Waals surface area contributed by atoms with Crippen LogP contribution >= 0.6 is 0 Å². The molecule has 3 aliphatic carbocycles. The summed E-state index contributed by atoms with van der Waals surface area (Å²) in [5.41, 5.74) is 0.953. The van der Waals surface area contributed by atoms with E-state index in [9.17, 15) is 59.4 Å². The average Bonchev–Trinajstić information content (AvgIpc) is 3.18. The van der Waals surface area contributed by atoms with Crippen LogP contribution in [-0.4, -0.2) is 69.8 Å². The quantitative estimate of drug-likeness (QED) is 0.188. The molecule has 0 amide bonds. The first-order valence-corrected chi connectivity index (χ1v) is 16.0. The summed E-state index contributed by atoms with van der Waals surface area (Å²) < 4.78 is 0. The zero-order valence-electron chi connectivity index (χ0n) is 28.0. The summed E-state index contributed by atoms with van der Waals surface area (Å²) in [6.07, 6.45) is 0. The van der Waals surface area contributed by atoms with Crippen LogP contribution < -0.4 is 15.3 Å². The second kappa shape index (κ2) is 14.3. The Balaban J connectivity index is 0.000000139. The number of fused-ring (bicyclic) bond motifs is 6. The molecule has 3 aliphatic rings. The van der Waals surface area contributed by atoms with Crippen molar-refractivity contribution in [3.05, 3.63) is 176 Å². The van der Waals surface area contributed by atoms with Gasteiger partial charge in [-0.2, -0.15) is 0 Å². The molecule has 3 N–H and O–H groups in total. The predicted octanol–water partition coefficient (Wildman–Crippen LogP) is 3.34. The number of hydrogen-bond acceptors (Lipinski definition) is 12. The molecule has 0 bridgehead atoms. The van der Waals surface area contributed by atoms with E-state index < -0.39 is 51.8 Å². The molecular weight excluding hydrogens is 764 g/mol. The van der Waals surface area contributed by atoms with Gasteiger partial charge >= 0.3 is 19.8 Å². The van der Waals surface area contributed by atoms with Crippen LogP contribution in [0.3, 0.4) is 0 Å². The molecule has 0 fully saturated rings. The number of carbonyl (C=O) groups is 6. The van der Waals surface area contributed by atoms with E-state index in [0.29, 0.717) is 16.7 Å². The molecular formula is C42H21GaO12. The maximum atomic E-state index is 12.2. The van der Waals surface area contributed by atoms with Gasteiger partial charge in [0.1, 0.15) is 17.2 Å². The first-order chi connectivity index (χ1) is 25.8. The Morgan fingerprint density at radius 1 is 0.291 bits per heavy atom. The van der Waals surface area contributed by atoms with Gasteiger partial charge in [-0.3, -0.25) is 28.8 Å². The maximum Gasteiger partial charge on any atom is 3.00 e. The summed E-state index contributed by atoms with van der Waals surface area (Å²) in [5, 5.41) is 63.3. The molecule has 13 heteroatoms. The van der Waals surface area contributed by atoms with E-state index in [4.69, 9.17) is 0 Å². The third-order valence-electron chi connectivity index (χ3n) is 9.07. The molecule has 0 radical (unpaired) electrons. The van der Waals surface area contributed by atoms with Crippen LogP contribution in [0.4, 0.5) is 0 Å². The van der Waals surface area contributed by atoms with Crippen molar-refractivity contribution >= 4 is 54.5 Å². The maximum absolute atomic E-state index is 12.2. The molecule has 6 aromatic carbocycles. The van der Waals surface area contributed by atoms with E-state index in [2.05, 4.69) is 0 Å². The standard InChI is InChI=1S/3C14H8O4.Ga/c3*15-10-6-5-9-11(14(10)18)13(17)8-4-2-1-3-7(8)12(9)16;/h3*1-6,15,18H;/q;;;+3/p-3/i;;;1-2. The second-order valence-electron chi connectivity index (χ2n) is 12.1. The van der Waals surface area contributed by atoms with Crippen molar-refractivity contribution in [2.24, 2.45) is 0 Å². The van der Waals surface area contributed by atoms with Crippen LogP contribution in [0.2, 0.25) is 0 Å². The number of phenols is 3. The molecule has 0 saturated carbocycles. The minimum atomic E-state index is -0.791. The molecule has 0 spiro atoms. The van der Waals surface area contributed by atoms with Crippen LogP contribution in [0.25, 0.3) is 0 Å². The van der Waals surface area contributed by atoms with Crippen LogP contribution in [0, 0.1) is 0 Å². The summed E-state index contributed by atoms with van der Waals surface area (Å²) in [7, 11) is 0. The van der Waals surface area contributed by atoms with Crippen molar-refractivity contribution < 1.29 is 59.4 Å². The van der Waals surface area contributed by atoms with Crippen LogP contribution in [-0.2, 0) is 0 Å². The SMILES string of the molecule is O=C1c2ccccc2C(=O)c2c1ccc(O)c2[O-].O=C1c2ccccc2C(=O)c2c1ccc(O)c2[O-].O=C1c2ccccc2C(=O)c2c1ccc(O)c2[O-].[68Ga+3]. The number of phenolic OH excluding ortho intramolecular Hbond substituents is 3. The molecule has 0 aromatic heterocycles. The Labute approximate surface area is 323 Å². The monoisotopic (exact) mass is 785 g/mol. The number of carbonyl (C=O) groups excluding carboxylic acids is 6. The van der Waals surface area contributed by atoms with Crippen LogP contribution in [0.5, 0.6) is 34.5 Å². The third kappa shape index (κ3) is 6.02. The van der Waals surface area contributed by atoms with Gasteiger partial charge in [0.05, 0.1) is 0 Å². The Morgan fingerprint density at radius 2 is 0.491 bits per heavy atom. The zero-order chi connectivity index (χ0) is 38.6. The van der Waals surface area contributed by atoms with Crippen LogP contribution in [0.1, 0.15) is 95.5 Å². The normalized spacial score (nSPS) is 12.9. The van der Waals surface area contributed by atoms with Crippen molar-refractivity contribution in [2.45, 2.75) is 0 Å². The molecule has 0 saturated heterocycles. The summed E-state index contributed by atoms with van der Waals surface area (Å²) >= 11 is 0. The minimum absolute atomic E-state index is 0. The fourth-order valence-electron chi connectivity index (χ4n) is 6.44. The number of ketones is 6. The van der Waals surface area contributed by atoms with Crippen molar-refractivity contribution in [3.8, 4) is 34.5 Å². The Kier molecular flexibility index (Phi) is 9.76. The second-order valence-corrected chi connectivity index (χ2v) is 12.1. The van der Waals surface area contributed by atoms with E-state index in [0.717, 1.165) is 18.2 Å². The predicted molar refractivity (Wildman–Crippen MR) is 188 cm³/mol. The van der Waals surface area contributed by atoms with Crippen LogP contribution in [0.15, 0.2) is 109 Å². The Bertz CT molecular complexity index is 2400. The summed E-state index contributed by atoms with van der Waals surface area (Å²) in [4.78, 5) is 72.9. The molecule has 0 unspecified atom stereocenters. The molecule has 264 valence electrons. The van der Waals surface area contributed by atoms with Crippen molar-refractivity contribution in [1.29, 1.82) is 0 Å². The van der Waals surface area contributed by atoms with Crippen molar-refractivity contribution in [1.82, 2.24) is 0 Å². The van der Waals surface area contributed by atoms with Gasteiger partial charge in [0.2, 0.25) is 0 Å². The molecule has 0 aliphatic heterocycles. The van der Waals surface area contributed by atoms with Gasteiger partial charge in [-0.05, 0) is 36.4 Å². The molecule has 0 heterocycles. The van der Waals surface area contributed by atoms with Gasteiger partial charge in [-0.1, -0.05) is 90.0 Å². The first-order valence-electron chi connectivity index (χ1n) is 16.0. The number of aromatic hydroxyl groups is 3. The van der Waals surface area contributed by atoms with Gasteiger partial charge in [-0.15, -0.1) is 0 Å². The molecule has 9 rings (SSSR count). The van der Waals surface area contributed by atoms with Gasteiger partial charge in [-0.25, -0.2) is 0 Å². The Hall–Kier alpha value is -7.22. The summed E-state index contributed by atoms with van der Waals surface area (Å²) in [5.74, 6) is -6.56. The Morgan fingerprint density at radius 3 is 0.709 bits per heavy atom. The van der Waals surface area contributed by atoms with Crippen molar-refractivity contribution in [3.63, 3.8) is 0 Å². The van der Waals surface area contributed by atoms with Crippen molar-refractivity contribution in [2.75, 3.05) is 0 Å². The zero-order valence-corrected chi connectivity index (χ0v) is 30.4. The number of hydrogen-bond donors (Lipinski definition) is 3. The number of rotatable bonds is 0. The van der Waals surface area contributed by atoms with E-state index in [1.807, 2.05) is 0 Å². The minimum Gasteiger partial charge on any atom is -0.869 e. The summed E-state index contributed by atoms with van der Waals surface area (Å²) in [6, 6.07) is 26.4. The fraction of sp³-hybridized carbons (Fsp3) is 0. The van der Waals surface area contributed by atoms with E-state index in [-0.39, 0.29) is 87.2 Å². The molecule has 55 heavy (non-hydrogen) atoms. The van der Waals surface area contributed by atoms with Gasteiger partial charge in [0.15, 0.2) is 34.7 Å². The number of benzene rings is 6.